The zero-order chi connectivity index (χ0) is 10.5. The van der Waals surface area contributed by atoms with E-state index in [4.69, 9.17) is 0 Å². The fraction of sp³-hybridized carbons (Fsp3) is 0.900. The average molecular weight is 188 g/mol. The van der Waals surface area contributed by atoms with Crippen molar-refractivity contribution in [1.82, 2.24) is 10.6 Å². The molecule has 0 saturated heterocycles. The van der Waals surface area contributed by atoms with Gasteiger partial charge in [0.05, 0.1) is 0 Å². The quantitative estimate of drug-likeness (QED) is 0.639. The largest absolute Gasteiger partial charge is 0.341 e. The lowest BCUT2D eigenvalue weighted by atomic mass is 10.2. The summed E-state index contributed by atoms with van der Waals surface area (Å²) in [6.45, 7) is 6.96. The van der Waals surface area contributed by atoms with Crippen LogP contribution in [-0.4, -0.2) is 19.6 Å². The smallest absolute Gasteiger partial charge is 0.314 e. The van der Waals surface area contributed by atoms with Crippen molar-refractivity contribution in [3.05, 3.63) is 0 Å². The average Bonchev–Trinajstić information content (AvgIpc) is 2.20. The molecule has 0 saturated carbocycles. The van der Waals surface area contributed by atoms with Gasteiger partial charge in [-0.05, 0) is 6.42 Å². The van der Waals surface area contributed by atoms with Crippen LogP contribution in [0.15, 0.2) is 0 Å². The predicted octanol–water partition coefficient (Wildman–Crippen LogP) is 2.52. The highest BCUT2D eigenvalue weighted by atomic mass is 16.2. The molecule has 0 atom stereocenters. The maximum Gasteiger partial charge on any atom is 0.314 e. The Morgan fingerprint density at radius 1 is 1.15 bits per heavy atom. The van der Waals surface area contributed by atoms with Crippen molar-refractivity contribution in [2.24, 2.45) is 0 Å². The Labute approximate surface area is 82.3 Å². The number of urea groups is 1. The number of unbranched alkanes of at least 4 members (excludes halogenated alkanes) is 3. The second-order valence-electron chi connectivity index (χ2n) is 2.57. The van der Waals surface area contributed by atoms with Gasteiger partial charge in [0.15, 0.2) is 0 Å². The molecule has 0 bridgehead atoms. The van der Waals surface area contributed by atoms with Crippen LogP contribution < -0.4 is 10.6 Å². The highest BCUT2D eigenvalue weighted by Crippen LogP contribution is 1.96. The Bertz CT molecular complexity index is 105. The van der Waals surface area contributed by atoms with E-state index in [9.17, 15) is 4.79 Å². The molecule has 13 heavy (non-hydrogen) atoms. The lowest BCUT2D eigenvalue weighted by Gasteiger charge is -2.02. The van der Waals surface area contributed by atoms with Crippen molar-refractivity contribution in [2.75, 3.05) is 13.6 Å². The SMILES string of the molecule is CC.CCCCCCNC(=O)NC. The zero-order valence-electron chi connectivity index (χ0n) is 9.44. The second-order valence-corrected chi connectivity index (χ2v) is 2.57. The molecular formula is C10H24N2O. The van der Waals surface area contributed by atoms with E-state index in [-0.39, 0.29) is 6.03 Å². The molecular weight excluding hydrogens is 164 g/mol. The molecule has 0 radical (unpaired) electrons. The maximum atomic E-state index is 10.6. The molecule has 0 fully saturated rings. The Kier molecular flexibility index (Phi) is 15.7. The van der Waals surface area contributed by atoms with Crippen molar-refractivity contribution in [1.29, 1.82) is 0 Å². The summed E-state index contributed by atoms with van der Waals surface area (Å²) in [5.41, 5.74) is 0. The first kappa shape index (κ1) is 14.8. The topological polar surface area (TPSA) is 41.1 Å². The first-order valence-corrected chi connectivity index (χ1v) is 5.26. The van der Waals surface area contributed by atoms with E-state index in [2.05, 4.69) is 17.6 Å². The van der Waals surface area contributed by atoms with Crippen LogP contribution in [0.25, 0.3) is 0 Å². The number of hydrogen-bond donors (Lipinski definition) is 2. The normalized spacial score (nSPS) is 8.31. The first-order valence-electron chi connectivity index (χ1n) is 5.26. The molecule has 0 rings (SSSR count). The lowest BCUT2D eigenvalue weighted by Crippen LogP contribution is -2.33. The van der Waals surface area contributed by atoms with E-state index in [1.54, 1.807) is 7.05 Å². The van der Waals surface area contributed by atoms with E-state index in [0.717, 1.165) is 13.0 Å². The van der Waals surface area contributed by atoms with Gasteiger partial charge in [-0.1, -0.05) is 40.0 Å². The van der Waals surface area contributed by atoms with Gasteiger partial charge in [0.2, 0.25) is 0 Å². The summed E-state index contributed by atoms with van der Waals surface area (Å²) in [4.78, 5) is 10.6. The maximum absolute atomic E-state index is 10.6. The summed E-state index contributed by atoms with van der Waals surface area (Å²) in [7, 11) is 1.63. The minimum Gasteiger partial charge on any atom is -0.341 e. The van der Waals surface area contributed by atoms with Crippen LogP contribution in [0.1, 0.15) is 46.5 Å². The molecule has 0 aromatic rings. The minimum atomic E-state index is -0.0819. The molecule has 0 aromatic carbocycles. The third-order valence-electron chi connectivity index (χ3n) is 1.54. The van der Waals surface area contributed by atoms with Crippen LogP contribution in [0.4, 0.5) is 4.79 Å². The molecule has 0 spiro atoms. The standard InChI is InChI=1S/C8H18N2O.C2H6/c1-3-4-5-6-7-10-8(11)9-2;1-2/h3-7H2,1-2H3,(H2,9,10,11);1-2H3. The van der Waals surface area contributed by atoms with Crippen LogP contribution >= 0.6 is 0 Å². The summed E-state index contributed by atoms with van der Waals surface area (Å²) in [6.07, 6.45) is 4.79. The highest BCUT2D eigenvalue weighted by molar-refractivity contribution is 5.73. The summed E-state index contributed by atoms with van der Waals surface area (Å²) < 4.78 is 0. The number of hydrogen-bond acceptors (Lipinski definition) is 1. The zero-order valence-corrected chi connectivity index (χ0v) is 9.44. The van der Waals surface area contributed by atoms with E-state index < -0.39 is 0 Å². The Morgan fingerprint density at radius 2 is 1.77 bits per heavy atom. The minimum absolute atomic E-state index is 0.0819. The van der Waals surface area contributed by atoms with Crippen molar-refractivity contribution < 1.29 is 4.79 Å². The van der Waals surface area contributed by atoms with Crippen molar-refractivity contribution >= 4 is 6.03 Å². The van der Waals surface area contributed by atoms with Gasteiger partial charge < -0.3 is 10.6 Å². The monoisotopic (exact) mass is 188 g/mol. The molecule has 0 aliphatic carbocycles. The molecule has 80 valence electrons. The van der Waals surface area contributed by atoms with E-state index in [1.807, 2.05) is 13.8 Å². The molecule has 0 heterocycles. The van der Waals surface area contributed by atoms with Crippen LogP contribution in [0.3, 0.4) is 0 Å². The van der Waals surface area contributed by atoms with E-state index in [0.29, 0.717) is 0 Å². The fourth-order valence-corrected chi connectivity index (χ4v) is 0.842. The number of carbonyl (C=O) groups excluding carboxylic acids is 1. The predicted molar refractivity (Wildman–Crippen MR) is 57.9 cm³/mol. The van der Waals surface area contributed by atoms with Gasteiger partial charge in [-0.3, -0.25) is 0 Å². The van der Waals surface area contributed by atoms with E-state index in [1.165, 1.54) is 19.3 Å². The molecule has 0 aromatic heterocycles. The first-order chi connectivity index (χ1) is 6.31. The molecule has 2 N–H and O–H groups in total. The molecule has 3 nitrogen and oxygen atoms in total. The lowest BCUT2D eigenvalue weighted by molar-refractivity contribution is 0.242. The van der Waals surface area contributed by atoms with Crippen LogP contribution in [0.5, 0.6) is 0 Å². The Morgan fingerprint density at radius 3 is 2.23 bits per heavy atom. The number of nitrogens with one attached hydrogen (secondary N) is 2. The summed E-state index contributed by atoms with van der Waals surface area (Å²) >= 11 is 0. The van der Waals surface area contributed by atoms with Gasteiger partial charge in [-0.2, -0.15) is 0 Å². The second kappa shape index (κ2) is 13.8. The number of amides is 2. The van der Waals surface area contributed by atoms with Crippen LogP contribution in [-0.2, 0) is 0 Å². The van der Waals surface area contributed by atoms with Gasteiger partial charge in [0.1, 0.15) is 0 Å². The third-order valence-corrected chi connectivity index (χ3v) is 1.54. The summed E-state index contributed by atoms with van der Waals surface area (Å²) in [6, 6.07) is -0.0819. The highest BCUT2D eigenvalue weighted by Gasteiger charge is 1.92. The molecule has 0 aliphatic rings. The molecule has 0 aliphatic heterocycles. The molecule has 0 unspecified atom stereocenters. The van der Waals surface area contributed by atoms with Crippen molar-refractivity contribution in [3.63, 3.8) is 0 Å². The van der Waals surface area contributed by atoms with Crippen LogP contribution in [0.2, 0.25) is 0 Å². The van der Waals surface area contributed by atoms with Gasteiger partial charge in [-0.25, -0.2) is 4.79 Å². The molecule has 3 heteroatoms. The van der Waals surface area contributed by atoms with Crippen LogP contribution in [0, 0.1) is 0 Å². The third kappa shape index (κ3) is 14.2. The van der Waals surface area contributed by atoms with Crippen molar-refractivity contribution in [2.45, 2.75) is 46.5 Å². The molecule has 2 amide bonds. The van der Waals surface area contributed by atoms with Gasteiger partial charge in [-0.15, -0.1) is 0 Å². The Balaban J connectivity index is 0. The summed E-state index contributed by atoms with van der Waals surface area (Å²) in [5.74, 6) is 0. The number of carbonyl (C=O) groups is 1. The van der Waals surface area contributed by atoms with E-state index >= 15 is 0 Å². The van der Waals surface area contributed by atoms with Gasteiger partial charge >= 0.3 is 6.03 Å². The van der Waals surface area contributed by atoms with Gasteiger partial charge in [0, 0.05) is 13.6 Å². The van der Waals surface area contributed by atoms with Gasteiger partial charge in [0.25, 0.3) is 0 Å². The summed E-state index contributed by atoms with van der Waals surface area (Å²) in [5, 5.41) is 5.25. The fourth-order valence-electron chi connectivity index (χ4n) is 0.842. The Hall–Kier alpha value is -0.730. The van der Waals surface area contributed by atoms with Crippen molar-refractivity contribution in [3.8, 4) is 0 Å². The number of rotatable bonds is 5.